The van der Waals surface area contributed by atoms with Crippen LogP contribution in [0.25, 0.3) is 5.69 Å². The molecule has 8 nitrogen and oxygen atoms in total. The number of nitrogen functional groups attached to an aromatic ring is 1. The molecule has 0 aliphatic carbocycles. The largest absolute Gasteiger partial charge is 0.382 e. The average Bonchev–Trinajstić information content (AvgIpc) is 3.06. The van der Waals surface area contributed by atoms with Gasteiger partial charge in [0.1, 0.15) is 23.3 Å². The predicted octanol–water partition coefficient (Wildman–Crippen LogP) is 2.23. The molecule has 2 aromatic carbocycles. The number of benzene rings is 2. The van der Waals surface area contributed by atoms with Gasteiger partial charge in [0.15, 0.2) is 9.84 Å². The van der Waals surface area contributed by atoms with Gasteiger partial charge in [0.25, 0.3) is 5.91 Å². The number of carbonyl (C=O) groups is 1. The van der Waals surface area contributed by atoms with Gasteiger partial charge < -0.3 is 11.1 Å². The lowest BCUT2D eigenvalue weighted by atomic mass is 10.1. The summed E-state index contributed by atoms with van der Waals surface area (Å²) in [6, 6.07) is 13.4. The van der Waals surface area contributed by atoms with E-state index in [1.165, 1.54) is 53.2 Å². The molecule has 3 rings (SSSR count). The van der Waals surface area contributed by atoms with Crippen LogP contribution in [0.3, 0.4) is 0 Å². The molecular formula is C21H20FN5O3S. The fraction of sp³-hybridized carbons (Fsp3) is 0.190. The van der Waals surface area contributed by atoms with Crippen LogP contribution in [0.4, 0.5) is 10.2 Å². The topological polar surface area (TPSA) is 131 Å². The third-order valence-electron chi connectivity index (χ3n) is 4.58. The highest BCUT2D eigenvalue weighted by molar-refractivity contribution is 7.90. The summed E-state index contributed by atoms with van der Waals surface area (Å²) in [7, 11) is -3.41. The molecule has 0 radical (unpaired) electrons. The molecule has 0 bridgehead atoms. The normalized spacial score (nSPS) is 11.1. The highest BCUT2D eigenvalue weighted by atomic mass is 32.2. The maximum absolute atomic E-state index is 13.1. The fourth-order valence-electron chi connectivity index (χ4n) is 2.98. The Balaban J connectivity index is 1.65. The highest BCUT2D eigenvalue weighted by Gasteiger charge is 2.17. The molecule has 0 aliphatic heterocycles. The molecule has 1 heterocycles. The van der Waals surface area contributed by atoms with E-state index in [1.54, 1.807) is 0 Å². The maximum Gasteiger partial charge on any atom is 0.251 e. The molecule has 0 unspecified atom stereocenters. The molecule has 0 saturated carbocycles. The number of halogens is 1. The molecule has 3 aromatic rings. The number of hydrogen-bond acceptors (Lipinski definition) is 6. The van der Waals surface area contributed by atoms with Crippen molar-refractivity contribution in [3.8, 4) is 11.8 Å². The number of aryl methyl sites for hydroxylation is 1. The van der Waals surface area contributed by atoms with Crippen LogP contribution in [-0.2, 0) is 16.3 Å². The average molecular weight is 441 g/mol. The zero-order chi connectivity index (χ0) is 22.6. The Morgan fingerprint density at radius 3 is 2.61 bits per heavy atom. The Kier molecular flexibility index (Phi) is 6.36. The summed E-state index contributed by atoms with van der Waals surface area (Å²) in [5, 5.41) is 16.5. The molecule has 0 aliphatic rings. The lowest BCUT2D eigenvalue weighted by molar-refractivity contribution is 0.0953. The molecule has 160 valence electrons. The summed E-state index contributed by atoms with van der Waals surface area (Å²) in [5.41, 5.74) is 7.50. The van der Waals surface area contributed by atoms with Crippen LogP contribution in [0.5, 0.6) is 0 Å². The van der Waals surface area contributed by atoms with Crippen molar-refractivity contribution in [2.75, 3.05) is 18.5 Å². The number of anilines is 1. The zero-order valence-electron chi connectivity index (χ0n) is 16.7. The van der Waals surface area contributed by atoms with E-state index in [0.717, 1.165) is 6.26 Å². The summed E-state index contributed by atoms with van der Waals surface area (Å²) < 4.78 is 37.8. The number of amides is 1. The number of nitriles is 1. The Hall–Kier alpha value is -3.71. The third kappa shape index (κ3) is 5.07. The van der Waals surface area contributed by atoms with E-state index < -0.39 is 21.6 Å². The lowest BCUT2D eigenvalue weighted by Crippen LogP contribution is -2.25. The van der Waals surface area contributed by atoms with Gasteiger partial charge in [0, 0.05) is 18.4 Å². The van der Waals surface area contributed by atoms with Gasteiger partial charge in [-0.2, -0.15) is 10.4 Å². The van der Waals surface area contributed by atoms with Crippen molar-refractivity contribution in [3.05, 3.63) is 71.2 Å². The summed E-state index contributed by atoms with van der Waals surface area (Å²) >= 11 is 0. The second-order valence-corrected chi connectivity index (χ2v) is 8.88. The van der Waals surface area contributed by atoms with E-state index in [9.17, 15) is 22.9 Å². The second-order valence-electron chi connectivity index (χ2n) is 6.87. The summed E-state index contributed by atoms with van der Waals surface area (Å²) in [6.07, 6.45) is 1.94. The molecule has 1 aromatic heterocycles. The smallest absolute Gasteiger partial charge is 0.251 e. The van der Waals surface area contributed by atoms with E-state index in [4.69, 9.17) is 5.73 Å². The monoisotopic (exact) mass is 441 g/mol. The van der Waals surface area contributed by atoms with Crippen LogP contribution in [-0.4, -0.2) is 36.9 Å². The van der Waals surface area contributed by atoms with Gasteiger partial charge in [-0.15, -0.1) is 0 Å². The minimum atomic E-state index is -3.41. The summed E-state index contributed by atoms with van der Waals surface area (Å²) in [6.45, 7) is 0.288. The van der Waals surface area contributed by atoms with Gasteiger partial charge in [0.2, 0.25) is 0 Å². The van der Waals surface area contributed by atoms with E-state index in [0.29, 0.717) is 24.2 Å². The minimum Gasteiger partial charge on any atom is -0.382 e. The van der Waals surface area contributed by atoms with Crippen LogP contribution >= 0.6 is 0 Å². The third-order valence-corrected chi connectivity index (χ3v) is 5.69. The van der Waals surface area contributed by atoms with Gasteiger partial charge in [-0.05, 0) is 55.3 Å². The number of nitrogens with one attached hydrogen (secondary N) is 1. The van der Waals surface area contributed by atoms with Crippen molar-refractivity contribution in [1.29, 1.82) is 5.26 Å². The van der Waals surface area contributed by atoms with Crippen molar-refractivity contribution >= 4 is 21.6 Å². The summed E-state index contributed by atoms with van der Waals surface area (Å²) in [4.78, 5) is 12.4. The molecule has 3 N–H and O–H groups in total. The minimum absolute atomic E-state index is 0.0700. The molecule has 0 fully saturated rings. The van der Waals surface area contributed by atoms with E-state index in [2.05, 4.69) is 10.4 Å². The fourth-order valence-corrected chi connectivity index (χ4v) is 3.65. The van der Waals surface area contributed by atoms with E-state index in [1.807, 2.05) is 6.07 Å². The number of carbonyl (C=O) groups excluding carboxylic acids is 1. The SMILES string of the molecule is CS(=O)(=O)c1cccc(C(=O)NCCCc2nn(-c3ccc(F)cc3)c(N)c2C#N)c1. The number of hydrogen-bond donors (Lipinski definition) is 2. The number of nitrogens with zero attached hydrogens (tertiary/aromatic N) is 3. The van der Waals surface area contributed by atoms with Gasteiger partial charge in [-0.25, -0.2) is 17.5 Å². The highest BCUT2D eigenvalue weighted by Crippen LogP contribution is 2.21. The number of sulfone groups is 1. The predicted molar refractivity (Wildman–Crippen MR) is 113 cm³/mol. The van der Waals surface area contributed by atoms with Crippen LogP contribution in [0.15, 0.2) is 53.4 Å². The van der Waals surface area contributed by atoms with Crippen LogP contribution in [0.1, 0.15) is 28.0 Å². The van der Waals surface area contributed by atoms with Crippen molar-refractivity contribution in [1.82, 2.24) is 15.1 Å². The molecule has 0 spiro atoms. The number of nitrogens with two attached hydrogens (primary N) is 1. The van der Waals surface area contributed by atoms with Gasteiger partial charge in [-0.3, -0.25) is 4.79 Å². The van der Waals surface area contributed by atoms with Gasteiger partial charge in [0.05, 0.1) is 16.3 Å². The standard InChI is InChI=1S/C21H20FN5O3S/c1-31(29,30)17-5-2-4-14(12-17)21(28)25-11-3-6-19-18(13-23)20(24)27(26-19)16-9-7-15(22)8-10-16/h2,4-5,7-10,12H,3,6,11,24H2,1H3,(H,25,28). The van der Waals surface area contributed by atoms with E-state index >= 15 is 0 Å². The quantitative estimate of drug-likeness (QED) is 0.541. The first-order valence-corrected chi connectivity index (χ1v) is 11.2. The van der Waals surface area contributed by atoms with Crippen LogP contribution < -0.4 is 11.1 Å². The number of aromatic nitrogens is 2. The van der Waals surface area contributed by atoms with Crippen molar-refractivity contribution in [3.63, 3.8) is 0 Å². The first-order valence-electron chi connectivity index (χ1n) is 9.32. The first kappa shape index (κ1) is 22.0. The Morgan fingerprint density at radius 2 is 1.97 bits per heavy atom. The van der Waals surface area contributed by atoms with Crippen LogP contribution in [0, 0.1) is 17.1 Å². The van der Waals surface area contributed by atoms with Crippen LogP contribution in [0.2, 0.25) is 0 Å². The molecule has 1 amide bonds. The van der Waals surface area contributed by atoms with Crippen molar-refractivity contribution < 1.29 is 17.6 Å². The maximum atomic E-state index is 13.1. The van der Waals surface area contributed by atoms with Gasteiger partial charge in [-0.1, -0.05) is 6.07 Å². The number of rotatable bonds is 7. The van der Waals surface area contributed by atoms with Gasteiger partial charge >= 0.3 is 0 Å². The molecule has 10 heteroatoms. The van der Waals surface area contributed by atoms with Crippen molar-refractivity contribution in [2.24, 2.45) is 0 Å². The van der Waals surface area contributed by atoms with E-state index in [-0.39, 0.29) is 28.4 Å². The Bertz CT molecular complexity index is 1260. The molecule has 0 atom stereocenters. The zero-order valence-corrected chi connectivity index (χ0v) is 17.5. The molecule has 31 heavy (non-hydrogen) atoms. The summed E-state index contributed by atoms with van der Waals surface area (Å²) in [5.74, 6) is -0.638. The second kappa shape index (κ2) is 8.97. The lowest BCUT2D eigenvalue weighted by Gasteiger charge is -2.06. The molecular weight excluding hydrogens is 421 g/mol. The van der Waals surface area contributed by atoms with Crippen molar-refractivity contribution in [2.45, 2.75) is 17.7 Å². The molecule has 0 saturated heterocycles. The Labute approximate surface area is 179 Å². The first-order chi connectivity index (χ1) is 14.7. The Morgan fingerprint density at radius 1 is 1.26 bits per heavy atom.